The van der Waals surface area contributed by atoms with Gasteiger partial charge in [0.2, 0.25) is 0 Å². The summed E-state index contributed by atoms with van der Waals surface area (Å²) in [5.74, 6) is 0. The van der Waals surface area contributed by atoms with Gasteiger partial charge in [0.15, 0.2) is 0 Å². The standard InChI is InChI=1S/CH22O8Si9/c1-16(8-17(2-10,3-11)4-12)9-18(5-13,6-14)7-15/h16H,1,10-15H3. The van der Waals surface area contributed by atoms with Crippen molar-refractivity contribution in [2.45, 2.75) is 6.55 Å². The molecule has 0 bridgehead atoms. The quantitative estimate of drug-likeness (QED) is 0.326. The van der Waals surface area contributed by atoms with Crippen molar-refractivity contribution in [2.24, 2.45) is 0 Å². The fraction of sp³-hybridized carbons (Fsp3) is 1.00. The van der Waals surface area contributed by atoms with Gasteiger partial charge in [-0.05, 0) is 6.55 Å². The van der Waals surface area contributed by atoms with E-state index >= 15 is 0 Å². The zero-order chi connectivity index (χ0) is 14.2. The molecule has 0 N–H and O–H groups in total. The molecule has 0 amide bonds. The maximum absolute atomic E-state index is 5.78. The summed E-state index contributed by atoms with van der Waals surface area (Å²) in [4.78, 5) is 0. The zero-order valence-electron chi connectivity index (χ0n) is 11.8. The summed E-state index contributed by atoms with van der Waals surface area (Å²) < 4.78 is 43.8. The number of hydrogen-bond acceptors (Lipinski definition) is 8. The minimum atomic E-state index is -2.91. The molecule has 0 rings (SSSR count). The van der Waals surface area contributed by atoms with E-state index in [-0.39, 0.29) is 0 Å². The lowest BCUT2D eigenvalue weighted by Gasteiger charge is -2.32. The Morgan fingerprint density at radius 1 is 0.611 bits per heavy atom. The van der Waals surface area contributed by atoms with E-state index in [0.717, 1.165) is 0 Å². The Morgan fingerprint density at radius 2 is 0.833 bits per heavy atom. The van der Waals surface area contributed by atoms with Gasteiger partial charge in [-0.2, -0.15) is 0 Å². The Labute approximate surface area is 129 Å². The summed E-state index contributed by atoms with van der Waals surface area (Å²) in [7, 11) is -4.86. The van der Waals surface area contributed by atoms with Gasteiger partial charge in [0, 0.05) is 0 Å². The van der Waals surface area contributed by atoms with Crippen LogP contribution in [0.15, 0.2) is 0 Å². The molecular formula is CH22O8Si9. The van der Waals surface area contributed by atoms with Gasteiger partial charge >= 0.3 is 27.4 Å². The molecule has 0 radical (unpaired) electrons. The lowest BCUT2D eigenvalue weighted by atomic mass is 11.9. The molecule has 0 aliphatic heterocycles. The summed E-state index contributed by atoms with van der Waals surface area (Å²) in [6.07, 6.45) is 0. The van der Waals surface area contributed by atoms with E-state index in [2.05, 4.69) is 0 Å². The van der Waals surface area contributed by atoms with E-state index in [9.17, 15) is 0 Å². The van der Waals surface area contributed by atoms with Crippen molar-refractivity contribution in [2.75, 3.05) is 0 Å². The molecule has 18 heavy (non-hydrogen) atoms. The van der Waals surface area contributed by atoms with Crippen molar-refractivity contribution in [3.05, 3.63) is 0 Å². The molecule has 0 spiro atoms. The molecule has 0 saturated heterocycles. The Morgan fingerprint density at radius 3 is 1.00 bits per heavy atom. The first kappa shape index (κ1) is 19.6. The Kier molecular flexibility index (Phi) is 10.4. The maximum atomic E-state index is 5.78. The highest BCUT2D eigenvalue weighted by Gasteiger charge is 2.47. The number of rotatable bonds is 10. The second-order valence-electron chi connectivity index (χ2n) is 3.03. The van der Waals surface area contributed by atoms with Crippen LogP contribution in [0.25, 0.3) is 0 Å². The molecule has 0 heterocycles. The lowest BCUT2D eigenvalue weighted by Crippen LogP contribution is -2.56. The minimum Gasteiger partial charge on any atom is -0.404 e. The Balaban J connectivity index is 4.61. The molecule has 0 aromatic heterocycles. The van der Waals surface area contributed by atoms with Gasteiger partial charge in [0.1, 0.15) is 62.9 Å². The summed E-state index contributed by atoms with van der Waals surface area (Å²) in [5, 5.41) is 0. The fourth-order valence-corrected chi connectivity index (χ4v) is 25.6. The van der Waals surface area contributed by atoms with Crippen LogP contribution in [0.2, 0.25) is 6.55 Å². The summed E-state index contributed by atoms with van der Waals surface area (Å²) in [6, 6.07) is 0. The van der Waals surface area contributed by atoms with Gasteiger partial charge in [-0.1, -0.05) is 0 Å². The maximum Gasteiger partial charge on any atom is 0.636 e. The largest absolute Gasteiger partial charge is 0.636 e. The molecule has 0 aliphatic rings. The number of hydrogen-bond donors (Lipinski definition) is 0. The average molecular weight is 415 g/mol. The smallest absolute Gasteiger partial charge is 0.404 e. The molecule has 0 aromatic rings. The van der Waals surface area contributed by atoms with Crippen molar-refractivity contribution in [1.82, 2.24) is 0 Å². The van der Waals surface area contributed by atoms with E-state index in [1.54, 1.807) is 0 Å². The normalized spacial score (nSPS) is 21.2. The van der Waals surface area contributed by atoms with Gasteiger partial charge in [-0.3, -0.25) is 0 Å². The van der Waals surface area contributed by atoms with E-state index in [0.29, 0.717) is 62.9 Å². The molecule has 0 fully saturated rings. The first-order chi connectivity index (χ1) is 8.46. The van der Waals surface area contributed by atoms with Crippen LogP contribution >= 0.6 is 0 Å². The van der Waals surface area contributed by atoms with Crippen LogP contribution in [0.4, 0.5) is 0 Å². The van der Waals surface area contributed by atoms with Gasteiger partial charge < -0.3 is 32.9 Å². The zero-order valence-corrected chi connectivity index (χ0v) is 27.0. The molecule has 17 heteroatoms. The van der Waals surface area contributed by atoms with Crippen LogP contribution in [0, 0.1) is 0 Å². The highest BCUT2D eigenvalue weighted by molar-refractivity contribution is 6.75. The predicted octanol–water partition coefficient (Wildman–Crippen LogP) is -8.48. The van der Waals surface area contributed by atoms with Crippen molar-refractivity contribution in [3.8, 4) is 0 Å². The van der Waals surface area contributed by atoms with Crippen molar-refractivity contribution < 1.29 is 32.9 Å². The van der Waals surface area contributed by atoms with Gasteiger partial charge in [-0.25, -0.2) is 0 Å². The molecule has 0 saturated carbocycles. The summed E-state index contributed by atoms with van der Waals surface area (Å²) in [6.45, 7) is 1.87. The van der Waals surface area contributed by atoms with Crippen molar-refractivity contribution >= 4 is 90.3 Å². The fourth-order valence-electron chi connectivity index (χ4n) is 1.22. The first-order valence-corrected chi connectivity index (χ1v) is 15.4. The third-order valence-corrected chi connectivity index (χ3v) is 19.1. The van der Waals surface area contributed by atoms with E-state index in [1.165, 1.54) is 0 Å². The third-order valence-electron chi connectivity index (χ3n) is 2.12. The van der Waals surface area contributed by atoms with Gasteiger partial charge in [0.25, 0.3) is 0 Å². The lowest BCUT2D eigenvalue weighted by molar-refractivity contribution is 0.136. The second-order valence-corrected chi connectivity index (χ2v) is 17.8. The SMILES string of the molecule is C[SiH](O[Si](O[SiH3])(O[SiH3])O[SiH3])O[Si](O[SiH3])(O[SiH3])O[SiH3]. The van der Waals surface area contributed by atoms with Crippen molar-refractivity contribution in [3.63, 3.8) is 0 Å². The van der Waals surface area contributed by atoms with Crippen LogP contribution < -0.4 is 0 Å². The van der Waals surface area contributed by atoms with Crippen LogP contribution in [-0.4, -0.2) is 90.3 Å². The van der Waals surface area contributed by atoms with Gasteiger partial charge in [-0.15, -0.1) is 0 Å². The van der Waals surface area contributed by atoms with Crippen LogP contribution in [0.1, 0.15) is 0 Å². The van der Waals surface area contributed by atoms with E-state index in [1.807, 2.05) is 6.55 Å². The first-order valence-electron chi connectivity index (χ1n) is 5.13. The molecule has 8 nitrogen and oxygen atoms in total. The second kappa shape index (κ2) is 9.55. The highest BCUT2D eigenvalue weighted by atomic mass is 28.5. The van der Waals surface area contributed by atoms with E-state index < -0.39 is 27.4 Å². The van der Waals surface area contributed by atoms with Crippen LogP contribution in [0.3, 0.4) is 0 Å². The molecule has 110 valence electrons. The molecule has 0 unspecified atom stereocenters. The minimum absolute atomic E-state index is 0.502. The van der Waals surface area contributed by atoms with Crippen LogP contribution in [-0.2, 0) is 32.9 Å². The van der Waals surface area contributed by atoms with Gasteiger partial charge in [0.05, 0.1) is 0 Å². The third kappa shape index (κ3) is 5.55. The Bertz CT molecular complexity index is 180. The monoisotopic (exact) mass is 414 g/mol. The molecular weight excluding hydrogens is 393 g/mol. The molecule has 0 aliphatic carbocycles. The average Bonchev–Trinajstić information content (AvgIpc) is 2.42. The Hall–Kier alpha value is 1.63. The summed E-state index contributed by atoms with van der Waals surface area (Å²) >= 11 is 0. The predicted molar refractivity (Wildman–Crippen MR) is 92.8 cm³/mol. The van der Waals surface area contributed by atoms with Crippen LogP contribution in [0.5, 0.6) is 0 Å². The topological polar surface area (TPSA) is 73.8 Å². The summed E-state index contributed by atoms with van der Waals surface area (Å²) in [5.41, 5.74) is 0. The molecule has 0 atom stereocenters. The van der Waals surface area contributed by atoms with E-state index in [4.69, 9.17) is 32.9 Å². The molecule has 0 aromatic carbocycles. The highest BCUT2D eigenvalue weighted by Crippen LogP contribution is 2.14. The van der Waals surface area contributed by atoms with Crippen molar-refractivity contribution in [1.29, 1.82) is 0 Å².